The lowest BCUT2D eigenvalue weighted by atomic mass is 9.76. The maximum absolute atomic E-state index is 12.4. The first kappa shape index (κ1) is 19.3. The predicted octanol–water partition coefficient (Wildman–Crippen LogP) is 0.122. The summed E-state index contributed by atoms with van der Waals surface area (Å²) in [5, 5.41) is 22.8. The smallest absolute Gasteiger partial charge is 0.235 e. The average Bonchev–Trinajstić information content (AvgIpc) is 2.50. The minimum Gasteiger partial charge on any atom is -0.395 e. The molecule has 4 N–H and O–H groups in total. The van der Waals surface area contributed by atoms with Crippen LogP contribution in [0.1, 0.15) is 25.7 Å². The topological polar surface area (TPSA) is 98.7 Å². The van der Waals surface area contributed by atoms with Gasteiger partial charge < -0.3 is 20.8 Å². The molecular formula is C15H26N2O4. The summed E-state index contributed by atoms with van der Waals surface area (Å²) in [5.41, 5.74) is -1.24. The molecule has 0 aliphatic heterocycles. The third kappa shape index (κ3) is 6.10. The van der Waals surface area contributed by atoms with E-state index in [4.69, 9.17) is 10.2 Å². The Hall–Kier alpha value is -1.66. The molecule has 6 nitrogen and oxygen atoms in total. The largest absolute Gasteiger partial charge is 0.395 e. The molecule has 2 amide bonds. The van der Waals surface area contributed by atoms with Crippen molar-refractivity contribution in [3.63, 3.8) is 0 Å². The Labute approximate surface area is 125 Å². The number of carbonyl (C=O) groups is 2. The minimum atomic E-state index is -1.24. The van der Waals surface area contributed by atoms with Gasteiger partial charge in [-0.1, -0.05) is 12.2 Å². The summed E-state index contributed by atoms with van der Waals surface area (Å²) in [5.74, 6) is -0.841. The van der Waals surface area contributed by atoms with Crippen molar-refractivity contribution in [1.29, 1.82) is 0 Å². The Kier molecular flexibility index (Phi) is 10.2. The van der Waals surface area contributed by atoms with Crippen molar-refractivity contribution in [3.05, 3.63) is 25.3 Å². The summed E-state index contributed by atoms with van der Waals surface area (Å²) in [6.07, 6.45) is 4.97. The van der Waals surface area contributed by atoms with E-state index in [1.165, 1.54) is 0 Å². The van der Waals surface area contributed by atoms with E-state index in [1.807, 2.05) is 0 Å². The Balaban J connectivity index is 5.26. The van der Waals surface area contributed by atoms with Gasteiger partial charge in [-0.2, -0.15) is 0 Å². The number of allylic oxidation sites excluding steroid dienone is 2. The van der Waals surface area contributed by atoms with E-state index >= 15 is 0 Å². The first-order valence-electron chi connectivity index (χ1n) is 7.09. The minimum absolute atomic E-state index is 0.0933. The summed E-state index contributed by atoms with van der Waals surface area (Å²) >= 11 is 0. The van der Waals surface area contributed by atoms with Gasteiger partial charge in [-0.15, -0.1) is 13.2 Å². The summed E-state index contributed by atoms with van der Waals surface area (Å²) in [4.78, 5) is 24.9. The van der Waals surface area contributed by atoms with Crippen molar-refractivity contribution in [2.24, 2.45) is 5.41 Å². The molecule has 0 aromatic heterocycles. The monoisotopic (exact) mass is 298 g/mol. The summed E-state index contributed by atoms with van der Waals surface area (Å²) in [6, 6.07) is 0. The molecule has 120 valence electrons. The van der Waals surface area contributed by atoms with Crippen LogP contribution in [0, 0.1) is 5.41 Å². The Morgan fingerprint density at radius 3 is 1.57 bits per heavy atom. The zero-order valence-corrected chi connectivity index (χ0v) is 12.4. The van der Waals surface area contributed by atoms with Gasteiger partial charge in [0, 0.05) is 13.1 Å². The highest BCUT2D eigenvalue weighted by Crippen LogP contribution is 2.31. The average molecular weight is 298 g/mol. The van der Waals surface area contributed by atoms with Crippen LogP contribution >= 0.6 is 0 Å². The van der Waals surface area contributed by atoms with E-state index in [9.17, 15) is 9.59 Å². The normalized spacial score (nSPS) is 10.8. The molecule has 6 heteroatoms. The second-order valence-corrected chi connectivity index (χ2v) is 4.70. The molecule has 0 bridgehead atoms. The zero-order chi connectivity index (χ0) is 16.1. The molecular weight excluding hydrogens is 272 g/mol. The fourth-order valence-electron chi connectivity index (χ4n) is 2.06. The number of hydrogen-bond donors (Lipinski definition) is 4. The summed E-state index contributed by atoms with van der Waals surface area (Å²) in [7, 11) is 0. The first-order valence-corrected chi connectivity index (χ1v) is 7.09. The van der Waals surface area contributed by atoms with Crippen LogP contribution in [0.3, 0.4) is 0 Å². The van der Waals surface area contributed by atoms with Crippen LogP contribution in [0.25, 0.3) is 0 Å². The van der Waals surface area contributed by atoms with Crippen LogP contribution in [0.2, 0.25) is 0 Å². The van der Waals surface area contributed by atoms with Crippen LogP contribution in [0.5, 0.6) is 0 Å². The predicted molar refractivity (Wildman–Crippen MR) is 81.5 cm³/mol. The number of carbonyl (C=O) groups excluding carboxylic acids is 2. The van der Waals surface area contributed by atoms with Crippen LogP contribution in [-0.2, 0) is 9.59 Å². The molecule has 0 spiro atoms. The molecule has 0 heterocycles. The Bertz CT molecular complexity index is 322. The molecule has 0 radical (unpaired) electrons. The first-order chi connectivity index (χ1) is 10.1. The van der Waals surface area contributed by atoms with E-state index in [0.29, 0.717) is 25.7 Å². The Morgan fingerprint density at radius 2 is 1.29 bits per heavy atom. The number of aliphatic hydroxyl groups is 2. The van der Waals surface area contributed by atoms with Gasteiger partial charge in [0.25, 0.3) is 0 Å². The summed E-state index contributed by atoms with van der Waals surface area (Å²) in [6.45, 7) is 7.05. The molecule has 0 saturated heterocycles. The maximum Gasteiger partial charge on any atom is 0.235 e. The lowest BCUT2D eigenvalue weighted by Crippen LogP contribution is -2.52. The van der Waals surface area contributed by atoms with Gasteiger partial charge in [0.05, 0.1) is 13.2 Å². The second kappa shape index (κ2) is 11.0. The van der Waals surface area contributed by atoms with E-state index in [1.54, 1.807) is 12.2 Å². The molecule has 0 saturated carbocycles. The van der Waals surface area contributed by atoms with Gasteiger partial charge in [-0.25, -0.2) is 0 Å². The quantitative estimate of drug-likeness (QED) is 0.304. The second-order valence-electron chi connectivity index (χ2n) is 4.70. The summed E-state index contributed by atoms with van der Waals surface area (Å²) < 4.78 is 0. The van der Waals surface area contributed by atoms with Crippen molar-refractivity contribution < 1.29 is 19.8 Å². The fraction of sp³-hybridized carbons (Fsp3) is 0.600. The number of nitrogens with one attached hydrogen (secondary N) is 2. The zero-order valence-electron chi connectivity index (χ0n) is 12.4. The number of hydrogen-bond acceptors (Lipinski definition) is 4. The Morgan fingerprint density at radius 1 is 0.905 bits per heavy atom. The van der Waals surface area contributed by atoms with Crippen molar-refractivity contribution in [2.75, 3.05) is 26.3 Å². The number of aliphatic hydroxyl groups excluding tert-OH is 2. The molecule has 0 aliphatic rings. The van der Waals surface area contributed by atoms with Crippen molar-refractivity contribution in [3.8, 4) is 0 Å². The van der Waals surface area contributed by atoms with Crippen molar-refractivity contribution >= 4 is 11.8 Å². The lowest BCUT2D eigenvalue weighted by Gasteiger charge is -2.30. The van der Waals surface area contributed by atoms with Gasteiger partial charge in [-0.3, -0.25) is 9.59 Å². The molecule has 21 heavy (non-hydrogen) atoms. The van der Waals surface area contributed by atoms with Gasteiger partial charge in [-0.05, 0) is 25.7 Å². The van der Waals surface area contributed by atoms with E-state index in [-0.39, 0.29) is 26.3 Å². The highest BCUT2D eigenvalue weighted by Gasteiger charge is 2.44. The lowest BCUT2D eigenvalue weighted by molar-refractivity contribution is -0.145. The third-order valence-corrected chi connectivity index (χ3v) is 3.21. The number of amides is 2. The van der Waals surface area contributed by atoms with Gasteiger partial charge in [0.2, 0.25) is 11.8 Å². The van der Waals surface area contributed by atoms with Crippen LogP contribution < -0.4 is 10.6 Å². The molecule has 0 unspecified atom stereocenters. The molecule has 0 rings (SSSR count). The van der Waals surface area contributed by atoms with Gasteiger partial charge in [0.15, 0.2) is 0 Å². The van der Waals surface area contributed by atoms with E-state index in [2.05, 4.69) is 23.8 Å². The van der Waals surface area contributed by atoms with Crippen LogP contribution in [0.15, 0.2) is 25.3 Å². The maximum atomic E-state index is 12.4. The molecule has 0 aromatic rings. The van der Waals surface area contributed by atoms with Crippen LogP contribution in [-0.4, -0.2) is 48.3 Å². The van der Waals surface area contributed by atoms with Crippen molar-refractivity contribution in [2.45, 2.75) is 25.7 Å². The highest BCUT2D eigenvalue weighted by atomic mass is 16.3. The SMILES string of the molecule is C=CCCC(CCC=C)(C(=O)NCCO)C(=O)NCCO. The van der Waals surface area contributed by atoms with E-state index < -0.39 is 17.2 Å². The molecule has 0 aromatic carbocycles. The molecule has 0 fully saturated rings. The number of rotatable bonds is 12. The highest BCUT2D eigenvalue weighted by molar-refractivity contribution is 6.05. The van der Waals surface area contributed by atoms with Crippen molar-refractivity contribution in [1.82, 2.24) is 10.6 Å². The third-order valence-electron chi connectivity index (χ3n) is 3.21. The van der Waals surface area contributed by atoms with E-state index in [0.717, 1.165) is 0 Å². The fourth-order valence-corrected chi connectivity index (χ4v) is 2.06. The standard InChI is InChI=1S/C15H26N2O4/c1-3-5-7-15(8-6-4-2,13(20)16-9-11-18)14(21)17-10-12-19/h3-4,18-19H,1-2,5-12H2,(H,16,20)(H,17,21). The molecule has 0 aliphatic carbocycles. The van der Waals surface area contributed by atoms with Crippen LogP contribution in [0.4, 0.5) is 0 Å². The van der Waals surface area contributed by atoms with Gasteiger partial charge in [0.1, 0.15) is 5.41 Å². The molecule has 0 atom stereocenters. The van der Waals surface area contributed by atoms with Gasteiger partial charge >= 0.3 is 0 Å².